The summed E-state index contributed by atoms with van der Waals surface area (Å²) < 4.78 is 5.21. The van der Waals surface area contributed by atoms with Gasteiger partial charge in [0, 0.05) is 19.5 Å². The van der Waals surface area contributed by atoms with Crippen LogP contribution in [0, 0.1) is 0 Å². The third-order valence-electron chi connectivity index (χ3n) is 3.30. The van der Waals surface area contributed by atoms with Crippen LogP contribution in [0.15, 0.2) is 12.1 Å². The van der Waals surface area contributed by atoms with Crippen molar-refractivity contribution in [3.63, 3.8) is 0 Å². The number of carbonyl (C=O) groups is 1. The predicted molar refractivity (Wildman–Crippen MR) is 72.0 cm³/mol. The quantitative estimate of drug-likeness (QED) is 0.842. The number of hydrogen-bond donors (Lipinski definition) is 0. The molecule has 0 atom stereocenters. The Morgan fingerprint density at radius 2 is 2.22 bits per heavy atom. The number of nitrogens with zero attached hydrogens (tertiary/aromatic N) is 1. The largest absolute Gasteiger partial charge is 0.495 e. The van der Waals surface area contributed by atoms with E-state index in [-0.39, 0.29) is 5.91 Å². The van der Waals surface area contributed by atoms with Crippen LogP contribution in [0.5, 0.6) is 5.75 Å². The van der Waals surface area contributed by atoms with Gasteiger partial charge in [0.1, 0.15) is 5.75 Å². The van der Waals surface area contributed by atoms with E-state index in [4.69, 9.17) is 16.3 Å². The second-order valence-electron chi connectivity index (χ2n) is 4.57. The van der Waals surface area contributed by atoms with Crippen LogP contribution in [0.4, 0.5) is 0 Å². The first-order valence-electron chi connectivity index (χ1n) is 6.28. The van der Waals surface area contributed by atoms with Gasteiger partial charge in [-0.15, -0.1) is 0 Å². The highest BCUT2D eigenvalue weighted by Crippen LogP contribution is 2.31. The number of rotatable bonds is 3. The van der Waals surface area contributed by atoms with Gasteiger partial charge in [-0.1, -0.05) is 18.5 Å². The first kappa shape index (κ1) is 13.2. The molecule has 0 bridgehead atoms. The summed E-state index contributed by atoms with van der Waals surface area (Å²) in [6.45, 7) is 3.48. The van der Waals surface area contributed by atoms with Gasteiger partial charge in [0.05, 0.1) is 12.1 Å². The molecule has 0 aliphatic carbocycles. The summed E-state index contributed by atoms with van der Waals surface area (Å²) in [6, 6.07) is 3.90. The van der Waals surface area contributed by atoms with Crippen LogP contribution in [0.25, 0.3) is 0 Å². The Morgan fingerprint density at radius 3 is 2.89 bits per heavy atom. The molecule has 3 nitrogen and oxygen atoms in total. The number of hydrogen-bond acceptors (Lipinski definition) is 2. The third kappa shape index (κ3) is 2.61. The van der Waals surface area contributed by atoms with Crippen molar-refractivity contribution in [3.05, 3.63) is 28.3 Å². The van der Waals surface area contributed by atoms with Crippen LogP contribution >= 0.6 is 11.6 Å². The molecule has 1 aliphatic rings. The Hall–Kier alpha value is -1.22. The van der Waals surface area contributed by atoms with Crippen LogP contribution in [0.3, 0.4) is 0 Å². The average molecular weight is 268 g/mol. The van der Waals surface area contributed by atoms with Crippen molar-refractivity contribution >= 4 is 17.5 Å². The van der Waals surface area contributed by atoms with Crippen molar-refractivity contribution in [2.75, 3.05) is 13.7 Å². The summed E-state index contributed by atoms with van der Waals surface area (Å²) in [4.78, 5) is 13.8. The van der Waals surface area contributed by atoms with Gasteiger partial charge in [-0.05, 0) is 36.1 Å². The Labute approximate surface area is 113 Å². The average Bonchev–Trinajstić information content (AvgIpc) is 2.37. The van der Waals surface area contributed by atoms with Gasteiger partial charge in [0.15, 0.2) is 0 Å². The highest BCUT2D eigenvalue weighted by atomic mass is 35.5. The fourth-order valence-corrected chi connectivity index (χ4v) is 2.56. The maximum absolute atomic E-state index is 11.9. The monoisotopic (exact) mass is 267 g/mol. The summed E-state index contributed by atoms with van der Waals surface area (Å²) in [6.07, 6.45) is 2.39. The topological polar surface area (TPSA) is 29.5 Å². The SMILES string of the molecule is CCCC(=O)N1CCc2cc(OC)c(Cl)cc2C1. The number of amides is 1. The van der Waals surface area contributed by atoms with Crippen molar-refractivity contribution < 1.29 is 9.53 Å². The molecule has 0 aromatic heterocycles. The molecule has 0 spiro atoms. The Morgan fingerprint density at radius 1 is 1.44 bits per heavy atom. The van der Waals surface area contributed by atoms with Crippen molar-refractivity contribution in [2.45, 2.75) is 32.7 Å². The van der Waals surface area contributed by atoms with Crippen molar-refractivity contribution in [1.29, 1.82) is 0 Å². The second kappa shape index (κ2) is 5.61. The summed E-state index contributed by atoms with van der Waals surface area (Å²) in [7, 11) is 1.62. The lowest BCUT2D eigenvalue weighted by Crippen LogP contribution is -2.35. The van der Waals surface area contributed by atoms with E-state index >= 15 is 0 Å². The minimum Gasteiger partial charge on any atom is -0.495 e. The summed E-state index contributed by atoms with van der Waals surface area (Å²) in [5.41, 5.74) is 2.37. The van der Waals surface area contributed by atoms with Gasteiger partial charge in [0.25, 0.3) is 0 Å². The van der Waals surface area contributed by atoms with E-state index in [0.717, 1.165) is 24.9 Å². The fraction of sp³-hybridized carbons (Fsp3) is 0.500. The lowest BCUT2D eigenvalue weighted by atomic mass is 9.99. The summed E-state index contributed by atoms with van der Waals surface area (Å²) >= 11 is 6.12. The molecule has 4 heteroatoms. The molecule has 2 rings (SSSR count). The molecule has 0 radical (unpaired) electrons. The Bertz CT molecular complexity index is 459. The summed E-state index contributed by atoms with van der Waals surface area (Å²) in [5, 5.41) is 0.612. The molecule has 1 aliphatic heterocycles. The smallest absolute Gasteiger partial charge is 0.222 e. The van der Waals surface area contributed by atoms with E-state index in [2.05, 4.69) is 0 Å². The Balaban J connectivity index is 2.19. The predicted octanol–water partition coefficient (Wildman–Crippen LogP) is 3.03. The zero-order valence-corrected chi connectivity index (χ0v) is 11.6. The zero-order valence-electron chi connectivity index (χ0n) is 10.8. The molecule has 1 amide bonds. The number of halogens is 1. The second-order valence-corrected chi connectivity index (χ2v) is 4.98. The number of carbonyl (C=O) groups excluding carboxylic acids is 1. The van der Waals surface area contributed by atoms with Gasteiger partial charge < -0.3 is 9.64 Å². The van der Waals surface area contributed by atoms with Crippen LogP contribution in [-0.4, -0.2) is 24.5 Å². The van der Waals surface area contributed by atoms with Gasteiger partial charge in [-0.2, -0.15) is 0 Å². The van der Waals surface area contributed by atoms with Crippen LogP contribution in [0.2, 0.25) is 5.02 Å². The van der Waals surface area contributed by atoms with Crippen molar-refractivity contribution in [1.82, 2.24) is 4.90 Å². The molecule has 1 heterocycles. The van der Waals surface area contributed by atoms with Crippen LogP contribution < -0.4 is 4.74 Å². The Kier molecular flexibility index (Phi) is 4.12. The van der Waals surface area contributed by atoms with E-state index in [1.54, 1.807) is 7.11 Å². The van der Waals surface area contributed by atoms with Crippen molar-refractivity contribution in [3.8, 4) is 5.75 Å². The number of methoxy groups -OCH3 is 1. The van der Waals surface area contributed by atoms with E-state index in [0.29, 0.717) is 23.7 Å². The van der Waals surface area contributed by atoms with Gasteiger partial charge in [-0.25, -0.2) is 0 Å². The molecule has 0 fully saturated rings. The number of fused-ring (bicyclic) bond motifs is 1. The molecule has 0 N–H and O–H groups in total. The van der Waals surface area contributed by atoms with Gasteiger partial charge in [0.2, 0.25) is 5.91 Å². The maximum atomic E-state index is 11.9. The normalized spacial score (nSPS) is 14.3. The van der Waals surface area contributed by atoms with Crippen molar-refractivity contribution in [2.24, 2.45) is 0 Å². The molecule has 1 aromatic rings. The minimum atomic E-state index is 0.232. The minimum absolute atomic E-state index is 0.232. The third-order valence-corrected chi connectivity index (χ3v) is 3.60. The van der Waals surface area contributed by atoms with E-state index in [1.807, 2.05) is 24.0 Å². The molecular formula is C14H18ClNO2. The van der Waals surface area contributed by atoms with Crippen LogP contribution in [-0.2, 0) is 17.8 Å². The van der Waals surface area contributed by atoms with Gasteiger partial charge in [-0.3, -0.25) is 4.79 Å². The zero-order chi connectivity index (χ0) is 13.1. The first-order valence-corrected chi connectivity index (χ1v) is 6.66. The molecular weight excluding hydrogens is 250 g/mol. The lowest BCUT2D eigenvalue weighted by Gasteiger charge is -2.29. The lowest BCUT2D eigenvalue weighted by molar-refractivity contribution is -0.132. The van der Waals surface area contributed by atoms with E-state index in [9.17, 15) is 4.79 Å². The molecule has 0 saturated carbocycles. The van der Waals surface area contributed by atoms with Crippen LogP contribution in [0.1, 0.15) is 30.9 Å². The standard InChI is InChI=1S/C14H18ClNO2/c1-3-4-14(17)16-6-5-10-8-13(18-2)12(15)7-11(10)9-16/h7-8H,3-6,9H2,1-2H3. The molecule has 1 aromatic carbocycles. The van der Waals surface area contributed by atoms with E-state index in [1.165, 1.54) is 5.56 Å². The summed E-state index contributed by atoms with van der Waals surface area (Å²) in [5.74, 6) is 0.943. The highest BCUT2D eigenvalue weighted by Gasteiger charge is 2.21. The fourth-order valence-electron chi connectivity index (χ4n) is 2.30. The maximum Gasteiger partial charge on any atom is 0.222 e. The molecule has 98 valence electrons. The number of benzene rings is 1. The molecule has 0 unspecified atom stereocenters. The molecule has 18 heavy (non-hydrogen) atoms. The highest BCUT2D eigenvalue weighted by molar-refractivity contribution is 6.32. The van der Waals surface area contributed by atoms with Gasteiger partial charge >= 0.3 is 0 Å². The molecule has 0 saturated heterocycles. The number of ether oxygens (including phenoxy) is 1. The first-order chi connectivity index (χ1) is 8.65. The van der Waals surface area contributed by atoms with E-state index < -0.39 is 0 Å².